The quantitative estimate of drug-likeness (QED) is 0.890. The number of anilines is 1. The Morgan fingerprint density at radius 2 is 2.44 bits per heavy atom. The highest BCUT2D eigenvalue weighted by molar-refractivity contribution is 7.99. The molecule has 0 radical (unpaired) electrons. The number of carbonyl (C=O) groups is 1. The Labute approximate surface area is 111 Å². The number of rotatable bonds is 4. The van der Waals surface area contributed by atoms with Crippen LogP contribution < -0.4 is 4.90 Å². The average Bonchev–Trinajstić information content (AvgIpc) is 2.39. The first-order valence-electron chi connectivity index (χ1n) is 6.07. The van der Waals surface area contributed by atoms with Crippen molar-refractivity contribution in [3.63, 3.8) is 0 Å². The number of hydrogen-bond donors (Lipinski definition) is 1. The molecule has 0 amide bonds. The smallest absolute Gasteiger partial charge is 0.305 e. The summed E-state index contributed by atoms with van der Waals surface area (Å²) in [5, 5.41) is 8.96. The van der Waals surface area contributed by atoms with E-state index in [2.05, 4.69) is 14.9 Å². The van der Waals surface area contributed by atoms with Crippen molar-refractivity contribution in [2.24, 2.45) is 0 Å². The molecule has 1 atom stereocenters. The van der Waals surface area contributed by atoms with Gasteiger partial charge in [0.1, 0.15) is 12.1 Å². The molecule has 2 rings (SSSR count). The molecule has 0 aromatic carbocycles. The van der Waals surface area contributed by atoms with Crippen LogP contribution in [0.2, 0.25) is 0 Å². The van der Waals surface area contributed by atoms with Gasteiger partial charge in [0.15, 0.2) is 0 Å². The zero-order valence-corrected chi connectivity index (χ0v) is 11.2. The molecule has 1 N–H and O–H groups in total. The zero-order valence-electron chi connectivity index (χ0n) is 10.4. The summed E-state index contributed by atoms with van der Waals surface area (Å²) in [6, 6.07) is 1.99. The lowest BCUT2D eigenvalue weighted by molar-refractivity contribution is -0.137. The van der Waals surface area contributed by atoms with Crippen molar-refractivity contribution in [1.29, 1.82) is 0 Å². The Kier molecular flexibility index (Phi) is 4.41. The van der Waals surface area contributed by atoms with Crippen LogP contribution in [0.1, 0.15) is 19.0 Å². The van der Waals surface area contributed by atoms with E-state index < -0.39 is 5.97 Å². The molecule has 1 saturated heterocycles. The topological polar surface area (TPSA) is 66.3 Å². The van der Waals surface area contributed by atoms with Crippen LogP contribution in [-0.2, 0) is 11.2 Å². The van der Waals surface area contributed by atoms with E-state index in [1.807, 2.05) is 13.0 Å². The van der Waals surface area contributed by atoms with Gasteiger partial charge in [-0.05, 0) is 6.42 Å². The standard InChI is InChI=1S/C12H17N3O2S/c1-2-9-5-11(14-8-13-9)15-3-4-18-7-10(15)6-12(16)17/h5,8,10H,2-4,6-7H2,1H3,(H,16,17). The summed E-state index contributed by atoms with van der Waals surface area (Å²) in [6.45, 7) is 2.90. The fraction of sp³-hybridized carbons (Fsp3) is 0.583. The summed E-state index contributed by atoms with van der Waals surface area (Å²) < 4.78 is 0. The SMILES string of the molecule is CCc1cc(N2CCSCC2CC(=O)O)ncn1. The molecular weight excluding hydrogens is 250 g/mol. The molecule has 0 bridgehead atoms. The van der Waals surface area contributed by atoms with Gasteiger partial charge in [0, 0.05) is 35.9 Å². The molecule has 2 heterocycles. The van der Waals surface area contributed by atoms with Gasteiger partial charge in [0.25, 0.3) is 0 Å². The number of thioether (sulfide) groups is 1. The second kappa shape index (κ2) is 6.04. The fourth-order valence-electron chi connectivity index (χ4n) is 2.06. The highest BCUT2D eigenvalue weighted by Crippen LogP contribution is 2.24. The lowest BCUT2D eigenvalue weighted by atomic mass is 10.2. The normalized spacial score (nSPS) is 19.8. The first-order chi connectivity index (χ1) is 8.70. The van der Waals surface area contributed by atoms with Crippen LogP contribution in [0.4, 0.5) is 5.82 Å². The second-order valence-electron chi connectivity index (χ2n) is 4.24. The average molecular weight is 267 g/mol. The predicted molar refractivity (Wildman–Crippen MR) is 72.1 cm³/mol. The summed E-state index contributed by atoms with van der Waals surface area (Å²) in [5.41, 5.74) is 0.993. The Morgan fingerprint density at radius 1 is 1.61 bits per heavy atom. The Hall–Kier alpha value is -1.30. The van der Waals surface area contributed by atoms with Gasteiger partial charge in [0.05, 0.1) is 6.42 Å². The fourth-order valence-corrected chi connectivity index (χ4v) is 3.13. The minimum absolute atomic E-state index is 0.0286. The number of aryl methyl sites for hydroxylation is 1. The van der Waals surface area contributed by atoms with Crippen LogP contribution in [0.15, 0.2) is 12.4 Å². The lowest BCUT2D eigenvalue weighted by Gasteiger charge is -2.35. The summed E-state index contributed by atoms with van der Waals surface area (Å²) in [7, 11) is 0. The van der Waals surface area contributed by atoms with Crippen molar-refractivity contribution < 1.29 is 9.90 Å². The van der Waals surface area contributed by atoms with Gasteiger partial charge in [-0.25, -0.2) is 9.97 Å². The molecule has 18 heavy (non-hydrogen) atoms. The molecule has 98 valence electrons. The molecule has 0 saturated carbocycles. The molecule has 0 aliphatic carbocycles. The van der Waals surface area contributed by atoms with Crippen molar-refractivity contribution in [2.75, 3.05) is 23.0 Å². The summed E-state index contributed by atoms with van der Waals surface area (Å²) in [4.78, 5) is 21.5. The lowest BCUT2D eigenvalue weighted by Crippen LogP contribution is -2.44. The predicted octanol–water partition coefficient (Wildman–Crippen LogP) is 1.44. The van der Waals surface area contributed by atoms with Crippen LogP contribution in [-0.4, -0.2) is 45.1 Å². The molecule has 1 unspecified atom stereocenters. The van der Waals surface area contributed by atoms with Gasteiger partial charge in [-0.2, -0.15) is 11.8 Å². The minimum Gasteiger partial charge on any atom is -0.481 e. The maximum absolute atomic E-state index is 10.9. The minimum atomic E-state index is -0.753. The number of aromatic nitrogens is 2. The zero-order chi connectivity index (χ0) is 13.0. The highest BCUT2D eigenvalue weighted by atomic mass is 32.2. The molecule has 5 nitrogen and oxygen atoms in total. The van der Waals surface area contributed by atoms with Crippen molar-refractivity contribution in [3.8, 4) is 0 Å². The third-order valence-electron chi connectivity index (χ3n) is 3.00. The van der Waals surface area contributed by atoms with Gasteiger partial charge < -0.3 is 10.0 Å². The largest absolute Gasteiger partial charge is 0.481 e. The van der Waals surface area contributed by atoms with E-state index in [0.717, 1.165) is 36.0 Å². The first kappa shape index (κ1) is 13.1. The van der Waals surface area contributed by atoms with E-state index in [4.69, 9.17) is 5.11 Å². The number of hydrogen-bond acceptors (Lipinski definition) is 5. The van der Waals surface area contributed by atoms with E-state index >= 15 is 0 Å². The van der Waals surface area contributed by atoms with Crippen LogP contribution in [0.25, 0.3) is 0 Å². The number of carboxylic acid groups (broad SMARTS) is 1. The second-order valence-corrected chi connectivity index (χ2v) is 5.39. The van der Waals surface area contributed by atoms with Gasteiger partial charge >= 0.3 is 5.97 Å². The van der Waals surface area contributed by atoms with Crippen molar-refractivity contribution >= 4 is 23.5 Å². The maximum atomic E-state index is 10.9. The summed E-state index contributed by atoms with van der Waals surface area (Å²) in [6.07, 6.45) is 2.59. The van der Waals surface area contributed by atoms with E-state index in [-0.39, 0.29) is 12.5 Å². The first-order valence-corrected chi connectivity index (χ1v) is 7.23. The highest BCUT2D eigenvalue weighted by Gasteiger charge is 2.26. The number of carboxylic acids is 1. The molecule has 0 spiro atoms. The Balaban J connectivity index is 2.19. The van der Waals surface area contributed by atoms with Crippen LogP contribution in [0.3, 0.4) is 0 Å². The molecular formula is C12H17N3O2S. The van der Waals surface area contributed by atoms with Gasteiger partial charge in [0.2, 0.25) is 0 Å². The van der Waals surface area contributed by atoms with E-state index in [0.29, 0.717) is 0 Å². The van der Waals surface area contributed by atoms with E-state index in [1.165, 1.54) is 0 Å². The molecule has 1 aromatic rings. The molecule has 6 heteroatoms. The summed E-state index contributed by atoms with van der Waals surface area (Å²) in [5.74, 6) is 1.96. The molecule has 1 aliphatic rings. The van der Waals surface area contributed by atoms with E-state index in [9.17, 15) is 4.79 Å². The van der Waals surface area contributed by atoms with Crippen LogP contribution in [0.5, 0.6) is 0 Å². The number of aliphatic carboxylic acids is 1. The molecule has 1 fully saturated rings. The van der Waals surface area contributed by atoms with E-state index in [1.54, 1.807) is 18.1 Å². The number of nitrogens with zero attached hydrogens (tertiary/aromatic N) is 3. The van der Waals surface area contributed by atoms with Gasteiger partial charge in [-0.15, -0.1) is 0 Å². The Morgan fingerprint density at radius 3 is 3.17 bits per heavy atom. The van der Waals surface area contributed by atoms with Crippen LogP contribution in [0, 0.1) is 0 Å². The van der Waals surface area contributed by atoms with Crippen molar-refractivity contribution in [3.05, 3.63) is 18.1 Å². The van der Waals surface area contributed by atoms with Gasteiger partial charge in [-0.1, -0.05) is 6.92 Å². The van der Waals surface area contributed by atoms with Crippen molar-refractivity contribution in [2.45, 2.75) is 25.8 Å². The van der Waals surface area contributed by atoms with Gasteiger partial charge in [-0.3, -0.25) is 4.79 Å². The Bertz CT molecular complexity index is 428. The third kappa shape index (κ3) is 3.13. The monoisotopic (exact) mass is 267 g/mol. The third-order valence-corrected chi connectivity index (χ3v) is 4.10. The summed E-state index contributed by atoms with van der Waals surface area (Å²) >= 11 is 1.80. The maximum Gasteiger partial charge on any atom is 0.305 e. The van der Waals surface area contributed by atoms with Crippen LogP contribution >= 0.6 is 11.8 Å². The van der Waals surface area contributed by atoms with Crippen molar-refractivity contribution in [1.82, 2.24) is 9.97 Å². The molecule has 1 aromatic heterocycles. The molecule has 1 aliphatic heterocycles.